The van der Waals surface area contributed by atoms with Gasteiger partial charge in [-0.25, -0.2) is 4.39 Å². The minimum Gasteiger partial charge on any atom is -0.268 e. The average Bonchev–Trinajstić information content (AvgIpc) is 2.33. The van der Waals surface area contributed by atoms with Crippen molar-refractivity contribution < 1.29 is 4.39 Å². The van der Waals surface area contributed by atoms with Crippen LogP contribution in [0, 0.1) is 9.52 Å². The molecule has 1 heterocycles. The fourth-order valence-corrected chi connectivity index (χ4v) is 2.15. The van der Waals surface area contributed by atoms with E-state index in [1.54, 1.807) is 9.66 Å². The van der Waals surface area contributed by atoms with Crippen molar-refractivity contribution in [3.8, 4) is 0 Å². The minimum absolute atomic E-state index is 0.164. The fraction of sp³-hybridized carbons (Fsp3) is 0. The van der Waals surface area contributed by atoms with Gasteiger partial charge in [-0.05, 0) is 34.7 Å². The third-order valence-electron chi connectivity index (χ3n) is 1.71. The molecule has 1 aromatic carbocycles. The van der Waals surface area contributed by atoms with Crippen molar-refractivity contribution in [2.75, 3.05) is 0 Å². The molecule has 0 atom stereocenters. The van der Waals surface area contributed by atoms with Crippen LogP contribution in [0.1, 0.15) is 0 Å². The van der Waals surface area contributed by atoms with Crippen LogP contribution in [0.4, 0.5) is 4.39 Å². The molecule has 0 saturated heterocycles. The highest BCUT2D eigenvalue weighted by atomic mass is 127. The molecule has 1 nitrogen and oxygen atoms in total. The van der Waals surface area contributed by atoms with Gasteiger partial charge in [-0.2, -0.15) is 0 Å². The van der Waals surface area contributed by atoms with E-state index in [2.05, 4.69) is 16.1 Å². The molecule has 0 unspecified atom stereocenters. The van der Waals surface area contributed by atoms with E-state index in [9.17, 15) is 4.39 Å². The Bertz CT molecular complexity index is 399. The Morgan fingerprint density at radius 3 is 2.67 bits per heavy atom. The first kappa shape index (κ1) is 8.50. The van der Waals surface area contributed by atoms with Gasteiger partial charge in [0.05, 0.1) is 21.7 Å². The van der Waals surface area contributed by atoms with E-state index in [0.29, 0.717) is 9.09 Å². The van der Waals surface area contributed by atoms with Gasteiger partial charge >= 0.3 is 0 Å². The number of rotatable bonds is 0. The van der Waals surface area contributed by atoms with Gasteiger partial charge in [-0.15, -0.1) is 0 Å². The number of aromatic nitrogens is 1. The summed E-state index contributed by atoms with van der Waals surface area (Å²) in [6.07, 6.45) is 0. The quantitative estimate of drug-likeness (QED) is 0.647. The predicted octanol–water partition coefficient (Wildman–Crippen LogP) is 3.54. The molecule has 0 radical (unpaired) electrons. The summed E-state index contributed by atoms with van der Waals surface area (Å²) >= 11 is 5.23. The van der Waals surface area contributed by atoms with Gasteiger partial charge in [0.1, 0.15) is 3.70 Å². The maximum atomic E-state index is 13.4. The summed E-state index contributed by atoms with van der Waals surface area (Å²) in [5, 5.41) is 0.652. The summed E-state index contributed by atoms with van der Waals surface area (Å²) < 4.78 is 15.6. The molecular formula is C8H4BrFIN. The first-order valence-corrected chi connectivity index (χ1v) is 5.11. The molecule has 62 valence electrons. The van der Waals surface area contributed by atoms with Crippen LogP contribution >= 0.6 is 38.7 Å². The second-order valence-corrected chi connectivity index (χ2v) is 4.13. The molecule has 0 spiro atoms. The molecule has 0 amide bonds. The molecule has 0 aliphatic carbocycles. The zero-order chi connectivity index (χ0) is 8.72. The van der Waals surface area contributed by atoms with Gasteiger partial charge in [0.25, 0.3) is 0 Å². The molecule has 2 aromatic rings. The molecule has 1 aromatic heterocycles. The Hall–Kier alpha value is -0.100. The maximum absolute atomic E-state index is 13.4. The van der Waals surface area contributed by atoms with Crippen LogP contribution in [0.15, 0.2) is 24.3 Å². The van der Waals surface area contributed by atoms with Crippen LogP contribution in [-0.2, 0) is 0 Å². The summed E-state index contributed by atoms with van der Waals surface area (Å²) in [5.41, 5.74) is 0.861. The summed E-state index contributed by atoms with van der Waals surface area (Å²) in [7, 11) is 0. The number of para-hydroxylation sites is 1. The van der Waals surface area contributed by atoms with Gasteiger partial charge in [0.15, 0.2) is 5.82 Å². The van der Waals surface area contributed by atoms with Crippen LogP contribution in [0.3, 0.4) is 0 Å². The summed E-state index contributed by atoms with van der Waals surface area (Å²) in [5.74, 6) is -0.164. The van der Waals surface area contributed by atoms with Crippen LogP contribution in [0.2, 0.25) is 0 Å². The van der Waals surface area contributed by atoms with Gasteiger partial charge in [0.2, 0.25) is 0 Å². The normalized spacial score (nSPS) is 10.9. The van der Waals surface area contributed by atoms with E-state index in [4.69, 9.17) is 0 Å². The zero-order valence-corrected chi connectivity index (χ0v) is 9.63. The third kappa shape index (κ3) is 1.08. The molecule has 0 aliphatic heterocycles. The van der Waals surface area contributed by atoms with Crippen molar-refractivity contribution in [3.63, 3.8) is 0 Å². The first-order chi connectivity index (χ1) is 5.72. The molecule has 0 N–H and O–H groups in total. The average molecular weight is 340 g/mol. The molecule has 0 aliphatic rings. The lowest BCUT2D eigenvalue weighted by atomic mass is 10.2. The van der Waals surface area contributed by atoms with Gasteiger partial charge in [-0.1, -0.05) is 12.1 Å². The number of halogens is 3. The number of nitrogens with zero attached hydrogens (tertiary/aromatic N) is 1. The van der Waals surface area contributed by atoms with Crippen LogP contribution in [-0.4, -0.2) is 3.59 Å². The Morgan fingerprint density at radius 1 is 1.33 bits per heavy atom. The molecule has 0 fully saturated rings. The topological polar surface area (TPSA) is 4.93 Å². The molecular weight excluding hydrogens is 336 g/mol. The Kier molecular flexibility index (Phi) is 2.12. The van der Waals surface area contributed by atoms with Gasteiger partial charge in [-0.3, -0.25) is 3.59 Å². The third-order valence-corrected chi connectivity index (χ3v) is 4.06. The predicted molar refractivity (Wildman–Crippen MR) is 58.9 cm³/mol. The Labute approximate surface area is 91.0 Å². The maximum Gasteiger partial charge on any atom is 0.163 e. The van der Waals surface area contributed by atoms with E-state index in [1.165, 1.54) is 0 Å². The number of fused-ring (bicyclic) bond motifs is 1. The molecule has 0 saturated carbocycles. The lowest BCUT2D eigenvalue weighted by Gasteiger charge is -1.91. The van der Waals surface area contributed by atoms with Crippen LogP contribution < -0.4 is 0 Å². The van der Waals surface area contributed by atoms with Crippen molar-refractivity contribution in [3.05, 3.63) is 33.8 Å². The van der Waals surface area contributed by atoms with Gasteiger partial charge < -0.3 is 0 Å². The minimum atomic E-state index is -0.164. The highest BCUT2D eigenvalue weighted by molar-refractivity contribution is 14.1. The Morgan fingerprint density at radius 2 is 2.00 bits per heavy atom. The monoisotopic (exact) mass is 339 g/mol. The zero-order valence-electron chi connectivity index (χ0n) is 5.89. The van der Waals surface area contributed by atoms with E-state index < -0.39 is 0 Å². The highest BCUT2D eigenvalue weighted by Crippen LogP contribution is 2.27. The highest BCUT2D eigenvalue weighted by Gasteiger charge is 2.11. The second-order valence-electron chi connectivity index (χ2n) is 2.40. The Balaban J connectivity index is 2.99. The van der Waals surface area contributed by atoms with Crippen molar-refractivity contribution >= 4 is 49.6 Å². The largest absolute Gasteiger partial charge is 0.268 e. The van der Waals surface area contributed by atoms with Crippen molar-refractivity contribution in [2.45, 2.75) is 0 Å². The standard InChI is InChI=1S/C8H4BrFIN/c9-12-6-4-2-1-3-5(6)7(10)8(12)11/h1-4H. The second kappa shape index (κ2) is 2.99. The number of benzene rings is 1. The van der Waals surface area contributed by atoms with Crippen molar-refractivity contribution in [2.24, 2.45) is 0 Å². The molecule has 12 heavy (non-hydrogen) atoms. The summed E-state index contributed by atoms with van der Waals surface area (Å²) in [6, 6.07) is 7.35. The first-order valence-electron chi connectivity index (χ1n) is 3.32. The fourth-order valence-electron chi connectivity index (χ4n) is 1.13. The van der Waals surface area contributed by atoms with Gasteiger partial charge in [0, 0.05) is 5.39 Å². The number of hydrogen-bond acceptors (Lipinski definition) is 0. The lowest BCUT2D eigenvalue weighted by molar-refractivity contribution is 0.630. The van der Waals surface area contributed by atoms with Crippen LogP contribution in [0.25, 0.3) is 10.9 Å². The van der Waals surface area contributed by atoms with E-state index in [1.807, 2.05) is 40.8 Å². The van der Waals surface area contributed by atoms with Crippen LogP contribution in [0.5, 0.6) is 0 Å². The lowest BCUT2D eigenvalue weighted by Crippen LogP contribution is -1.81. The van der Waals surface area contributed by atoms with E-state index >= 15 is 0 Å². The number of hydrogen-bond donors (Lipinski definition) is 0. The van der Waals surface area contributed by atoms with E-state index in [-0.39, 0.29) is 5.82 Å². The SMILES string of the molecule is Fc1c(I)n(Br)c2ccccc12. The smallest absolute Gasteiger partial charge is 0.163 e. The molecule has 2 rings (SSSR count). The van der Waals surface area contributed by atoms with E-state index in [0.717, 1.165) is 5.52 Å². The van der Waals surface area contributed by atoms with Crippen molar-refractivity contribution in [1.82, 2.24) is 3.59 Å². The molecule has 4 heteroatoms. The summed E-state index contributed by atoms with van der Waals surface area (Å²) in [4.78, 5) is 0. The summed E-state index contributed by atoms with van der Waals surface area (Å²) in [6.45, 7) is 0. The molecule has 0 bridgehead atoms. The van der Waals surface area contributed by atoms with Crippen molar-refractivity contribution in [1.29, 1.82) is 0 Å².